The largest absolute Gasteiger partial charge is 0.493 e. The van der Waals surface area contributed by atoms with Gasteiger partial charge in [0.1, 0.15) is 10.8 Å². The zero-order chi connectivity index (χ0) is 26.7. The number of hydrogen-bond acceptors (Lipinski definition) is 9. The number of hydrogen-bond donors (Lipinski definition) is 0. The van der Waals surface area contributed by atoms with Gasteiger partial charge in [0.05, 0.1) is 35.4 Å². The second kappa shape index (κ2) is 11.5. The van der Waals surface area contributed by atoms with Gasteiger partial charge in [0.2, 0.25) is 0 Å². The van der Waals surface area contributed by atoms with E-state index in [1.165, 1.54) is 35.9 Å². The second-order valence-corrected chi connectivity index (χ2v) is 13.0. The van der Waals surface area contributed by atoms with Gasteiger partial charge in [-0.1, -0.05) is 22.9 Å². The van der Waals surface area contributed by atoms with Crippen molar-refractivity contribution in [2.45, 2.75) is 30.5 Å². The van der Waals surface area contributed by atoms with Gasteiger partial charge in [-0.3, -0.25) is 9.59 Å². The summed E-state index contributed by atoms with van der Waals surface area (Å²) in [4.78, 5) is 30.2. The van der Waals surface area contributed by atoms with Gasteiger partial charge < -0.3 is 18.8 Å². The lowest BCUT2D eigenvalue weighted by Crippen LogP contribution is -2.40. The molecular weight excluding hydrogens is 562 g/mol. The van der Waals surface area contributed by atoms with E-state index < -0.39 is 21.9 Å². The first-order chi connectivity index (χ1) is 17.7. The Hall–Kier alpha value is -2.45. The first-order valence-electron chi connectivity index (χ1n) is 11.4. The normalized spacial score (nSPS) is 15.7. The molecule has 37 heavy (non-hydrogen) atoms. The maximum absolute atomic E-state index is 13.2. The molecule has 0 spiro atoms. The Morgan fingerprint density at radius 3 is 2.38 bits per heavy atom. The van der Waals surface area contributed by atoms with Gasteiger partial charge in [-0.25, -0.2) is 8.42 Å². The number of benzene rings is 1. The van der Waals surface area contributed by atoms with Gasteiger partial charge >= 0.3 is 5.97 Å². The Labute approximate surface area is 227 Å². The predicted molar refractivity (Wildman–Crippen MR) is 141 cm³/mol. The van der Waals surface area contributed by atoms with Crippen molar-refractivity contribution in [3.8, 4) is 11.5 Å². The fourth-order valence-corrected chi connectivity index (χ4v) is 8.21. The van der Waals surface area contributed by atoms with E-state index in [0.717, 1.165) is 16.0 Å². The van der Waals surface area contributed by atoms with Crippen LogP contribution >= 0.6 is 34.3 Å². The molecule has 10 nitrogen and oxygen atoms in total. The summed E-state index contributed by atoms with van der Waals surface area (Å²) in [5, 5.41) is 0. The summed E-state index contributed by atoms with van der Waals surface area (Å²) < 4.78 is 46.0. The fraction of sp³-hybridized carbons (Fsp3) is 0.435. The molecule has 3 aromatic rings. The van der Waals surface area contributed by atoms with Gasteiger partial charge in [0.25, 0.3) is 15.9 Å². The number of thiophene rings is 1. The first kappa shape index (κ1) is 27.6. The van der Waals surface area contributed by atoms with Crippen molar-refractivity contribution < 1.29 is 32.2 Å². The molecule has 1 aliphatic heterocycles. The Bertz CT molecular complexity index is 1480. The van der Waals surface area contributed by atoms with Crippen LogP contribution in [0.5, 0.6) is 11.5 Å². The number of amides is 1. The molecule has 2 aromatic heterocycles. The second-order valence-electron chi connectivity index (χ2n) is 8.14. The van der Waals surface area contributed by atoms with E-state index in [4.69, 9.17) is 25.8 Å². The minimum absolute atomic E-state index is 0.129. The first-order valence-corrected chi connectivity index (χ1v) is 14.9. The molecule has 1 aromatic carbocycles. The van der Waals surface area contributed by atoms with Crippen LogP contribution in [0.25, 0.3) is 10.2 Å². The van der Waals surface area contributed by atoms with Crippen LogP contribution in [0.15, 0.2) is 33.5 Å². The number of fused-ring (bicyclic) bond motifs is 1. The van der Waals surface area contributed by atoms with Crippen LogP contribution in [0.1, 0.15) is 19.8 Å². The molecule has 0 radical (unpaired) electrons. The average molecular weight is 588 g/mol. The monoisotopic (exact) mass is 587 g/mol. The Morgan fingerprint density at radius 2 is 1.78 bits per heavy atom. The predicted octanol–water partition coefficient (Wildman–Crippen LogP) is 3.53. The van der Waals surface area contributed by atoms with Crippen LogP contribution in [0.3, 0.4) is 0 Å². The van der Waals surface area contributed by atoms with E-state index in [2.05, 4.69) is 4.99 Å². The minimum atomic E-state index is -3.66. The number of carbonyl (C=O) groups excluding carboxylic acids is 2. The van der Waals surface area contributed by atoms with Gasteiger partial charge in [0, 0.05) is 31.1 Å². The number of carbonyl (C=O) groups is 2. The lowest BCUT2D eigenvalue weighted by atomic mass is 9.98. The molecule has 0 bridgehead atoms. The summed E-state index contributed by atoms with van der Waals surface area (Å²) in [6.45, 7) is 2.22. The van der Waals surface area contributed by atoms with Crippen molar-refractivity contribution >= 4 is 66.4 Å². The van der Waals surface area contributed by atoms with Crippen LogP contribution in [0.2, 0.25) is 4.34 Å². The number of aromatic nitrogens is 1. The lowest BCUT2D eigenvalue weighted by Gasteiger charge is -2.29. The molecule has 0 atom stereocenters. The Balaban J connectivity index is 1.61. The van der Waals surface area contributed by atoms with Crippen LogP contribution in [-0.2, 0) is 30.9 Å². The molecule has 1 amide bonds. The third-order valence-corrected chi connectivity index (χ3v) is 10.6. The van der Waals surface area contributed by atoms with Crippen molar-refractivity contribution in [1.82, 2.24) is 8.87 Å². The quantitative estimate of drug-likeness (QED) is 0.370. The fourth-order valence-electron chi connectivity index (χ4n) is 4.06. The van der Waals surface area contributed by atoms with Gasteiger partial charge in [-0.2, -0.15) is 9.30 Å². The molecule has 200 valence electrons. The molecule has 0 unspecified atom stereocenters. The summed E-state index contributed by atoms with van der Waals surface area (Å²) in [7, 11) is -0.617. The standard InChI is InChI=1S/C23H26ClN3O7S3/c1-4-34-20(28)13-27-15-11-16(32-2)17(33-3)12-18(15)35-23(27)25-22(29)14-7-9-26(10-8-14)37(30,31)21-6-5-19(24)36-21/h5-6,11-12,14H,4,7-10,13H2,1-3H3. The van der Waals surface area contributed by atoms with Crippen LogP contribution in [0, 0.1) is 5.92 Å². The molecule has 1 aliphatic rings. The summed E-state index contributed by atoms with van der Waals surface area (Å²) in [5.41, 5.74) is 0.651. The van der Waals surface area contributed by atoms with E-state index in [0.29, 0.717) is 39.0 Å². The molecule has 4 rings (SSSR count). The number of methoxy groups -OCH3 is 2. The Kier molecular flexibility index (Phi) is 8.59. The zero-order valence-corrected chi connectivity index (χ0v) is 23.6. The third kappa shape index (κ3) is 5.85. The summed E-state index contributed by atoms with van der Waals surface area (Å²) in [6, 6.07) is 6.54. The number of ether oxygens (including phenoxy) is 3. The topological polar surface area (TPSA) is 116 Å². The number of piperidine rings is 1. The number of sulfonamides is 1. The molecule has 0 N–H and O–H groups in total. The van der Waals surface area contributed by atoms with Crippen LogP contribution in [-0.4, -0.2) is 63.1 Å². The number of nitrogens with zero attached hydrogens (tertiary/aromatic N) is 3. The van der Waals surface area contributed by atoms with Crippen molar-refractivity contribution in [2.24, 2.45) is 10.9 Å². The van der Waals surface area contributed by atoms with Gasteiger partial charge in [0.15, 0.2) is 16.3 Å². The number of rotatable bonds is 8. The highest BCUT2D eigenvalue weighted by Crippen LogP contribution is 2.34. The van der Waals surface area contributed by atoms with E-state index in [9.17, 15) is 18.0 Å². The smallest absolute Gasteiger partial charge is 0.326 e. The maximum atomic E-state index is 13.2. The zero-order valence-electron chi connectivity index (χ0n) is 20.4. The summed E-state index contributed by atoms with van der Waals surface area (Å²) >= 11 is 8.16. The lowest BCUT2D eigenvalue weighted by molar-refractivity contribution is -0.143. The van der Waals surface area contributed by atoms with Crippen molar-refractivity contribution in [3.05, 3.63) is 33.4 Å². The highest BCUT2D eigenvalue weighted by Gasteiger charge is 2.33. The Morgan fingerprint density at radius 1 is 1.11 bits per heavy atom. The summed E-state index contributed by atoms with van der Waals surface area (Å²) in [6.07, 6.45) is 0.677. The van der Waals surface area contributed by atoms with Crippen LogP contribution < -0.4 is 14.3 Å². The van der Waals surface area contributed by atoms with E-state index in [1.807, 2.05) is 0 Å². The van der Waals surface area contributed by atoms with E-state index in [-0.39, 0.29) is 36.4 Å². The average Bonchev–Trinajstić information content (AvgIpc) is 3.47. The molecule has 14 heteroatoms. The number of halogens is 1. The van der Waals surface area contributed by atoms with Crippen molar-refractivity contribution in [1.29, 1.82) is 0 Å². The SMILES string of the molecule is CCOC(=O)Cn1c(=NC(=O)C2CCN(S(=O)(=O)c3ccc(Cl)s3)CC2)sc2cc(OC)c(OC)cc21. The molecular formula is C23H26ClN3O7S3. The van der Waals surface area contributed by atoms with Gasteiger partial charge in [-0.05, 0) is 31.9 Å². The highest BCUT2D eigenvalue weighted by atomic mass is 35.5. The van der Waals surface area contributed by atoms with Crippen LogP contribution in [0.4, 0.5) is 0 Å². The number of thiazole rings is 1. The molecule has 0 saturated carbocycles. The van der Waals surface area contributed by atoms with E-state index >= 15 is 0 Å². The molecule has 1 fully saturated rings. The highest BCUT2D eigenvalue weighted by molar-refractivity contribution is 7.91. The summed E-state index contributed by atoms with van der Waals surface area (Å²) in [5.74, 6) is -0.275. The molecule has 0 aliphatic carbocycles. The number of esters is 1. The third-order valence-electron chi connectivity index (χ3n) is 5.93. The van der Waals surface area contributed by atoms with Crippen molar-refractivity contribution in [2.75, 3.05) is 33.9 Å². The van der Waals surface area contributed by atoms with E-state index in [1.54, 1.807) is 29.7 Å². The molecule has 1 saturated heterocycles. The maximum Gasteiger partial charge on any atom is 0.326 e. The molecule has 3 heterocycles. The minimum Gasteiger partial charge on any atom is -0.493 e. The van der Waals surface area contributed by atoms with Gasteiger partial charge in [-0.15, -0.1) is 11.3 Å². The van der Waals surface area contributed by atoms with Crippen molar-refractivity contribution in [3.63, 3.8) is 0 Å².